The normalized spacial score (nSPS) is 17.9. The summed E-state index contributed by atoms with van der Waals surface area (Å²) in [6, 6.07) is 3.62. The number of thiophene rings is 1. The van der Waals surface area contributed by atoms with Gasteiger partial charge in [0.25, 0.3) is 10.0 Å². The van der Waals surface area contributed by atoms with Crippen molar-refractivity contribution in [3.63, 3.8) is 0 Å². The third-order valence-corrected chi connectivity index (χ3v) is 7.12. The molecule has 1 aliphatic rings. The minimum atomic E-state index is -3.36. The van der Waals surface area contributed by atoms with Gasteiger partial charge >= 0.3 is 0 Å². The summed E-state index contributed by atoms with van der Waals surface area (Å²) in [6.07, 6.45) is 4.98. The predicted octanol–water partition coefficient (Wildman–Crippen LogP) is 2.86. The lowest BCUT2D eigenvalue weighted by Gasteiger charge is -2.41. The molecule has 1 saturated carbocycles. The first-order valence-electron chi connectivity index (χ1n) is 7.35. The fraction of sp³-hybridized carbons (Fsp3) is 0.714. The fourth-order valence-corrected chi connectivity index (χ4v) is 5.31. The lowest BCUT2D eigenvalue weighted by molar-refractivity contribution is 0.214. The molecule has 6 heteroatoms. The van der Waals surface area contributed by atoms with Crippen molar-refractivity contribution >= 4 is 21.4 Å². The average molecular weight is 316 g/mol. The number of nitrogens with one attached hydrogen (secondary N) is 2. The predicted molar refractivity (Wildman–Crippen MR) is 83.5 cm³/mol. The molecule has 0 spiro atoms. The summed E-state index contributed by atoms with van der Waals surface area (Å²) in [6.45, 7) is 5.87. The van der Waals surface area contributed by atoms with Crippen molar-refractivity contribution in [3.8, 4) is 0 Å². The van der Waals surface area contributed by atoms with Crippen LogP contribution in [0.15, 0.2) is 16.3 Å². The number of hydrogen-bond acceptors (Lipinski definition) is 4. The highest BCUT2D eigenvalue weighted by Crippen LogP contribution is 2.36. The average Bonchev–Trinajstić information content (AvgIpc) is 2.84. The van der Waals surface area contributed by atoms with Crippen LogP contribution in [0, 0.1) is 0 Å². The Bertz CT molecular complexity index is 528. The summed E-state index contributed by atoms with van der Waals surface area (Å²) in [4.78, 5) is 1.07. The number of sulfonamides is 1. The monoisotopic (exact) mass is 316 g/mol. The molecule has 1 aromatic rings. The van der Waals surface area contributed by atoms with Gasteiger partial charge in [0.15, 0.2) is 0 Å². The first kappa shape index (κ1) is 15.9. The Labute approximate surface area is 126 Å². The van der Waals surface area contributed by atoms with Gasteiger partial charge in [0.1, 0.15) is 4.21 Å². The highest BCUT2D eigenvalue weighted by molar-refractivity contribution is 7.91. The largest absolute Gasteiger partial charge is 0.312 e. The minimum absolute atomic E-state index is 0.191. The highest BCUT2D eigenvalue weighted by Gasteiger charge is 2.39. The van der Waals surface area contributed by atoms with Crippen molar-refractivity contribution in [2.75, 3.05) is 6.54 Å². The van der Waals surface area contributed by atoms with Crippen LogP contribution in [0.3, 0.4) is 0 Å². The molecule has 1 aliphatic carbocycles. The van der Waals surface area contributed by atoms with Crippen LogP contribution in [0.4, 0.5) is 0 Å². The summed E-state index contributed by atoms with van der Waals surface area (Å²) >= 11 is 1.36. The van der Waals surface area contributed by atoms with Crippen molar-refractivity contribution in [1.29, 1.82) is 0 Å². The standard InChI is InChI=1S/C14H24N2O2S2/c1-3-10-15-11-12-6-7-13(19-12)20(17,18)16-14(4-2)8-5-9-14/h6-7,15-16H,3-5,8-11H2,1-2H3. The maximum Gasteiger partial charge on any atom is 0.250 e. The Morgan fingerprint density at radius 3 is 2.60 bits per heavy atom. The highest BCUT2D eigenvalue weighted by atomic mass is 32.2. The fourth-order valence-electron chi connectivity index (χ4n) is 2.45. The van der Waals surface area contributed by atoms with Crippen LogP contribution in [-0.4, -0.2) is 20.5 Å². The van der Waals surface area contributed by atoms with Gasteiger partial charge in [-0.2, -0.15) is 0 Å². The molecule has 20 heavy (non-hydrogen) atoms. The molecule has 1 heterocycles. The van der Waals surface area contributed by atoms with E-state index in [0.717, 1.165) is 50.1 Å². The van der Waals surface area contributed by atoms with Crippen molar-refractivity contribution < 1.29 is 8.42 Å². The van der Waals surface area contributed by atoms with Crippen LogP contribution >= 0.6 is 11.3 Å². The van der Waals surface area contributed by atoms with E-state index in [2.05, 4.69) is 23.9 Å². The number of rotatable bonds is 8. The molecule has 0 aromatic carbocycles. The topological polar surface area (TPSA) is 58.2 Å². The Morgan fingerprint density at radius 1 is 1.30 bits per heavy atom. The van der Waals surface area contributed by atoms with Crippen molar-refractivity contribution in [1.82, 2.24) is 10.0 Å². The van der Waals surface area contributed by atoms with Crippen LogP contribution in [0.25, 0.3) is 0 Å². The van der Waals surface area contributed by atoms with Crippen molar-refractivity contribution in [2.24, 2.45) is 0 Å². The van der Waals surface area contributed by atoms with Gasteiger partial charge < -0.3 is 5.32 Å². The van der Waals surface area contributed by atoms with E-state index < -0.39 is 10.0 Å². The number of hydrogen-bond donors (Lipinski definition) is 2. The zero-order valence-electron chi connectivity index (χ0n) is 12.2. The second kappa shape index (κ2) is 6.56. The van der Waals surface area contributed by atoms with Crippen LogP contribution in [0.1, 0.15) is 50.8 Å². The molecule has 1 fully saturated rings. The van der Waals surface area contributed by atoms with Gasteiger partial charge in [0.05, 0.1) is 0 Å². The first-order valence-corrected chi connectivity index (χ1v) is 9.65. The lowest BCUT2D eigenvalue weighted by atomic mass is 9.76. The Kier molecular flexibility index (Phi) is 5.23. The van der Waals surface area contributed by atoms with Crippen LogP contribution in [0.5, 0.6) is 0 Å². The minimum Gasteiger partial charge on any atom is -0.312 e. The Morgan fingerprint density at radius 2 is 2.05 bits per heavy atom. The van der Waals surface area contributed by atoms with E-state index in [1.807, 2.05) is 6.07 Å². The van der Waals surface area contributed by atoms with Gasteiger partial charge in [0, 0.05) is 17.0 Å². The van der Waals surface area contributed by atoms with Crippen molar-refractivity contribution in [3.05, 3.63) is 17.0 Å². The van der Waals surface area contributed by atoms with E-state index in [0.29, 0.717) is 4.21 Å². The third-order valence-electron chi connectivity index (χ3n) is 3.97. The van der Waals surface area contributed by atoms with Crippen LogP contribution in [0.2, 0.25) is 0 Å². The molecule has 1 aromatic heterocycles. The molecule has 0 radical (unpaired) electrons. The second-order valence-electron chi connectivity index (χ2n) is 5.49. The SMILES string of the molecule is CCCNCc1ccc(S(=O)(=O)NC2(CC)CCC2)s1. The molecule has 0 amide bonds. The smallest absolute Gasteiger partial charge is 0.250 e. The summed E-state index contributed by atoms with van der Waals surface area (Å²) in [7, 11) is -3.36. The van der Waals surface area contributed by atoms with Gasteiger partial charge in [-0.1, -0.05) is 13.8 Å². The molecule has 0 atom stereocenters. The second-order valence-corrected chi connectivity index (χ2v) is 8.57. The Balaban J connectivity index is 2.02. The van der Waals surface area contributed by atoms with E-state index in [4.69, 9.17) is 0 Å². The molecular formula is C14H24N2O2S2. The molecule has 4 nitrogen and oxygen atoms in total. The summed E-state index contributed by atoms with van der Waals surface area (Å²) < 4.78 is 28.2. The lowest BCUT2D eigenvalue weighted by Crippen LogP contribution is -2.52. The zero-order valence-corrected chi connectivity index (χ0v) is 13.9. The van der Waals surface area contributed by atoms with Gasteiger partial charge in [0.2, 0.25) is 0 Å². The van der Waals surface area contributed by atoms with Crippen LogP contribution in [-0.2, 0) is 16.6 Å². The molecule has 0 aliphatic heterocycles. The summed E-state index contributed by atoms with van der Waals surface area (Å²) in [5, 5.41) is 3.29. The third kappa shape index (κ3) is 3.61. The quantitative estimate of drug-likeness (QED) is 0.725. The molecule has 0 bridgehead atoms. The summed E-state index contributed by atoms with van der Waals surface area (Å²) in [5.74, 6) is 0. The van der Waals surface area contributed by atoms with Crippen molar-refractivity contribution in [2.45, 2.75) is 62.2 Å². The summed E-state index contributed by atoms with van der Waals surface area (Å²) in [5.41, 5.74) is -0.191. The molecule has 2 rings (SSSR count). The first-order chi connectivity index (χ1) is 9.51. The van der Waals surface area contributed by atoms with E-state index in [-0.39, 0.29) is 5.54 Å². The van der Waals surface area contributed by atoms with E-state index in [1.165, 1.54) is 11.3 Å². The molecule has 0 saturated heterocycles. The van der Waals surface area contributed by atoms with Gasteiger partial charge in [-0.3, -0.25) is 0 Å². The van der Waals surface area contributed by atoms with E-state index >= 15 is 0 Å². The van der Waals surface area contributed by atoms with E-state index in [9.17, 15) is 8.42 Å². The van der Waals surface area contributed by atoms with Gasteiger partial charge in [-0.25, -0.2) is 13.1 Å². The molecule has 114 valence electrons. The molecule has 0 unspecified atom stereocenters. The van der Waals surface area contributed by atoms with E-state index in [1.54, 1.807) is 6.07 Å². The maximum atomic E-state index is 12.4. The van der Waals surface area contributed by atoms with Gasteiger partial charge in [-0.05, 0) is 50.8 Å². The van der Waals surface area contributed by atoms with Crippen LogP contribution < -0.4 is 10.0 Å². The van der Waals surface area contributed by atoms with Gasteiger partial charge in [-0.15, -0.1) is 11.3 Å². The Hall–Kier alpha value is -0.430. The molecule has 2 N–H and O–H groups in total. The zero-order chi connectivity index (χ0) is 14.6. The maximum absolute atomic E-state index is 12.4. The molecular weight excluding hydrogens is 292 g/mol.